The zero-order valence-corrected chi connectivity index (χ0v) is 13.3. The molecule has 0 radical (unpaired) electrons. The summed E-state index contributed by atoms with van der Waals surface area (Å²) >= 11 is 0. The number of rotatable bonds is 8. The molecule has 0 aromatic rings. The van der Waals surface area contributed by atoms with Gasteiger partial charge >= 0.3 is 12.1 Å². The topological polar surface area (TPSA) is 76.7 Å². The number of carbonyl (C=O) groups is 2. The molecule has 0 saturated carbocycles. The van der Waals surface area contributed by atoms with Crippen molar-refractivity contribution in [2.24, 2.45) is 0 Å². The highest BCUT2D eigenvalue weighted by molar-refractivity contribution is 5.75. The van der Waals surface area contributed by atoms with Crippen LogP contribution < -0.4 is 10.6 Å². The Kier molecular flexibility index (Phi) is 9.22. The smallest absolute Gasteiger partial charge is 0.407 e. The maximum absolute atomic E-state index is 11.5. The Hall–Kier alpha value is -1.74. The van der Waals surface area contributed by atoms with Gasteiger partial charge in [0.25, 0.3) is 0 Å². The summed E-state index contributed by atoms with van der Waals surface area (Å²) in [6, 6.07) is -0.410. The predicted molar refractivity (Wildman–Crippen MR) is 80.7 cm³/mol. The Bertz CT molecular complexity index is 369. The van der Waals surface area contributed by atoms with E-state index in [-0.39, 0.29) is 5.97 Å². The van der Waals surface area contributed by atoms with Gasteiger partial charge < -0.3 is 14.8 Å². The molecule has 0 spiro atoms. The molecule has 0 bridgehead atoms. The summed E-state index contributed by atoms with van der Waals surface area (Å²) in [5.41, 5.74) is -0.501. The van der Waals surface area contributed by atoms with E-state index >= 15 is 0 Å². The van der Waals surface area contributed by atoms with Gasteiger partial charge in [-0.05, 0) is 40.0 Å². The van der Waals surface area contributed by atoms with Crippen LogP contribution in [0.25, 0.3) is 0 Å². The Labute approximate surface area is 126 Å². The number of esters is 1. The van der Waals surface area contributed by atoms with E-state index in [0.717, 1.165) is 12.8 Å². The molecular formula is C15H26N2O4. The molecule has 0 saturated heterocycles. The van der Waals surface area contributed by atoms with E-state index in [2.05, 4.69) is 16.6 Å². The molecule has 0 unspecified atom stereocenters. The molecule has 0 aliphatic carbocycles. The molecule has 0 aliphatic rings. The van der Waals surface area contributed by atoms with Crippen LogP contribution >= 0.6 is 0 Å². The SMILES string of the molecule is C#CCN[C@@H](CCCCNC(=O)OC(C)(C)C)C(=O)OC. The van der Waals surface area contributed by atoms with Gasteiger partial charge in [0.15, 0.2) is 0 Å². The summed E-state index contributed by atoms with van der Waals surface area (Å²) in [5, 5.41) is 5.60. The highest BCUT2D eigenvalue weighted by Crippen LogP contribution is 2.07. The third-order valence-electron chi connectivity index (χ3n) is 2.52. The summed E-state index contributed by atoms with van der Waals surface area (Å²) in [4.78, 5) is 22.9. The largest absolute Gasteiger partial charge is 0.468 e. The maximum Gasteiger partial charge on any atom is 0.407 e. The van der Waals surface area contributed by atoms with Gasteiger partial charge in [-0.3, -0.25) is 10.1 Å². The number of hydrogen-bond donors (Lipinski definition) is 2. The van der Waals surface area contributed by atoms with E-state index in [1.807, 2.05) is 20.8 Å². The highest BCUT2D eigenvalue weighted by Gasteiger charge is 2.18. The number of unbranched alkanes of at least 4 members (excludes halogenated alkanes) is 1. The Morgan fingerprint density at radius 1 is 1.29 bits per heavy atom. The van der Waals surface area contributed by atoms with E-state index in [4.69, 9.17) is 15.9 Å². The second kappa shape index (κ2) is 10.1. The Balaban J connectivity index is 3.88. The Morgan fingerprint density at radius 3 is 2.48 bits per heavy atom. The van der Waals surface area contributed by atoms with Gasteiger partial charge in [0.05, 0.1) is 13.7 Å². The quantitative estimate of drug-likeness (QED) is 0.403. The van der Waals surface area contributed by atoms with Crippen molar-refractivity contribution in [1.29, 1.82) is 0 Å². The number of nitrogens with one attached hydrogen (secondary N) is 2. The molecule has 0 rings (SSSR count). The fourth-order valence-corrected chi connectivity index (χ4v) is 1.61. The van der Waals surface area contributed by atoms with Crippen molar-refractivity contribution in [2.45, 2.75) is 51.7 Å². The summed E-state index contributed by atoms with van der Waals surface area (Å²) in [6.45, 7) is 6.24. The van der Waals surface area contributed by atoms with E-state index in [0.29, 0.717) is 19.5 Å². The van der Waals surface area contributed by atoms with Gasteiger partial charge in [-0.25, -0.2) is 4.79 Å². The van der Waals surface area contributed by atoms with Gasteiger partial charge in [0.1, 0.15) is 11.6 Å². The van der Waals surface area contributed by atoms with E-state index in [9.17, 15) is 9.59 Å². The average Bonchev–Trinajstić information content (AvgIpc) is 2.39. The third kappa shape index (κ3) is 10.7. The van der Waals surface area contributed by atoms with E-state index in [1.165, 1.54) is 7.11 Å². The van der Waals surface area contributed by atoms with Crippen LogP contribution in [0.4, 0.5) is 4.79 Å². The van der Waals surface area contributed by atoms with Crippen LogP contribution in [0.5, 0.6) is 0 Å². The molecule has 1 atom stereocenters. The second-order valence-electron chi connectivity index (χ2n) is 5.59. The van der Waals surface area contributed by atoms with Crippen LogP contribution in [0.3, 0.4) is 0 Å². The number of alkyl carbamates (subject to hydrolysis) is 1. The van der Waals surface area contributed by atoms with Crippen LogP contribution in [-0.2, 0) is 14.3 Å². The molecule has 2 N–H and O–H groups in total. The monoisotopic (exact) mass is 298 g/mol. The van der Waals surface area contributed by atoms with Crippen molar-refractivity contribution in [3.63, 3.8) is 0 Å². The number of hydrogen-bond acceptors (Lipinski definition) is 5. The van der Waals surface area contributed by atoms with Gasteiger partial charge in [-0.1, -0.05) is 5.92 Å². The molecule has 0 aromatic heterocycles. The molecular weight excluding hydrogens is 272 g/mol. The van der Waals surface area contributed by atoms with Crippen molar-refractivity contribution in [3.05, 3.63) is 0 Å². The summed E-state index contributed by atoms with van der Waals surface area (Å²) in [5.74, 6) is 2.09. The van der Waals surface area contributed by atoms with Crippen LogP contribution in [0.1, 0.15) is 40.0 Å². The normalized spacial score (nSPS) is 12.1. The summed E-state index contributed by atoms with van der Waals surface area (Å²) in [7, 11) is 1.34. The Morgan fingerprint density at radius 2 is 1.95 bits per heavy atom. The maximum atomic E-state index is 11.5. The molecule has 0 aliphatic heterocycles. The first-order chi connectivity index (χ1) is 9.80. The summed E-state index contributed by atoms with van der Waals surface area (Å²) < 4.78 is 9.82. The molecule has 0 fully saturated rings. The molecule has 6 nitrogen and oxygen atoms in total. The lowest BCUT2D eigenvalue weighted by Crippen LogP contribution is -2.38. The molecule has 1 amide bonds. The predicted octanol–water partition coefficient (Wildman–Crippen LogP) is 1.45. The number of methoxy groups -OCH3 is 1. The van der Waals surface area contributed by atoms with Crippen molar-refractivity contribution in [2.75, 3.05) is 20.2 Å². The van der Waals surface area contributed by atoms with E-state index in [1.54, 1.807) is 0 Å². The molecule has 21 heavy (non-hydrogen) atoms. The molecule has 0 aromatic carbocycles. The van der Waals surface area contributed by atoms with Crippen LogP contribution in [0.15, 0.2) is 0 Å². The molecule has 0 heterocycles. The van der Waals surface area contributed by atoms with Gasteiger partial charge in [0, 0.05) is 6.54 Å². The number of ether oxygens (including phenoxy) is 2. The molecule has 120 valence electrons. The standard InChI is InChI=1S/C15H26N2O4/c1-6-10-16-12(13(18)20-5)9-7-8-11-17-14(19)21-15(2,3)4/h1,12,16H,7-11H2,2-5H3,(H,17,19)/t12-/m0/s1. The fraction of sp³-hybridized carbons (Fsp3) is 0.733. The lowest BCUT2D eigenvalue weighted by molar-refractivity contribution is -0.143. The van der Waals surface area contributed by atoms with Crippen molar-refractivity contribution >= 4 is 12.1 Å². The fourth-order valence-electron chi connectivity index (χ4n) is 1.61. The lowest BCUT2D eigenvalue weighted by Gasteiger charge is -2.19. The number of carbonyl (C=O) groups excluding carboxylic acids is 2. The highest BCUT2D eigenvalue weighted by atomic mass is 16.6. The van der Waals surface area contributed by atoms with Crippen molar-refractivity contribution in [3.8, 4) is 12.3 Å². The van der Waals surface area contributed by atoms with Gasteiger partial charge in [-0.15, -0.1) is 6.42 Å². The van der Waals surface area contributed by atoms with Crippen molar-refractivity contribution in [1.82, 2.24) is 10.6 Å². The first-order valence-corrected chi connectivity index (χ1v) is 7.01. The minimum atomic E-state index is -0.501. The zero-order chi connectivity index (χ0) is 16.3. The van der Waals surface area contributed by atoms with Gasteiger partial charge in [0.2, 0.25) is 0 Å². The summed E-state index contributed by atoms with van der Waals surface area (Å²) in [6.07, 6.45) is 6.82. The van der Waals surface area contributed by atoms with Crippen LogP contribution in [0, 0.1) is 12.3 Å². The van der Waals surface area contributed by atoms with Gasteiger partial charge in [-0.2, -0.15) is 0 Å². The first kappa shape index (κ1) is 19.3. The van der Waals surface area contributed by atoms with Crippen LogP contribution in [-0.4, -0.2) is 43.9 Å². The minimum Gasteiger partial charge on any atom is -0.468 e. The van der Waals surface area contributed by atoms with E-state index < -0.39 is 17.7 Å². The number of amides is 1. The number of terminal acetylenes is 1. The second-order valence-corrected chi connectivity index (χ2v) is 5.59. The zero-order valence-electron chi connectivity index (χ0n) is 13.3. The van der Waals surface area contributed by atoms with Crippen LogP contribution in [0.2, 0.25) is 0 Å². The third-order valence-corrected chi connectivity index (χ3v) is 2.52. The van der Waals surface area contributed by atoms with Crippen molar-refractivity contribution < 1.29 is 19.1 Å². The average molecular weight is 298 g/mol. The molecule has 6 heteroatoms. The first-order valence-electron chi connectivity index (χ1n) is 7.01. The minimum absolute atomic E-state index is 0.315. The lowest BCUT2D eigenvalue weighted by atomic mass is 10.1.